The molecule has 1 heterocycles. The maximum Gasteiger partial charge on any atom is 0.343 e. The van der Waals surface area contributed by atoms with Crippen LogP contribution in [0.5, 0.6) is 5.75 Å². The molecule has 24 heavy (non-hydrogen) atoms. The number of hydrogen-bond donors (Lipinski definition) is 0. The zero-order valence-corrected chi connectivity index (χ0v) is 14.3. The van der Waals surface area contributed by atoms with E-state index < -0.39 is 0 Å². The fourth-order valence-corrected chi connectivity index (χ4v) is 2.49. The first-order valence-corrected chi connectivity index (χ1v) is 8.16. The molecule has 0 bridgehead atoms. The Hall–Kier alpha value is -2.72. The smallest absolute Gasteiger partial charge is 0.343 e. The summed E-state index contributed by atoms with van der Waals surface area (Å²) in [4.78, 5) is 16.1. The second kappa shape index (κ2) is 7.70. The number of rotatable bonds is 4. The van der Waals surface area contributed by atoms with Gasteiger partial charge >= 0.3 is 5.97 Å². The number of halogens is 1. The van der Waals surface area contributed by atoms with E-state index in [1.54, 1.807) is 42.7 Å². The minimum absolute atomic E-state index is 0.378. The second-order valence-electron chi connectivity index (χ2n) is 5.08. The van der Waals surface area contributed by atoms with Crippen molar-refractivity contribution in [3.05, 3.63) is 94.2 Å². The quantitative estimate of drug-likeness (QED) is 0.459. The summed E-state index contributed by atoms with van der Waals surface area (Å²) in [7, 11) is 0. The summed E-state index contributed by atoms with van der Waals surface area (Å²) >= 11 is 3.34. The third-order valence-electron chi connectivity index (χ3n) is 3.33. The van der Waals surface area contributed by atoms with E-state index in [1.807, 2.05) is 42.5 Å². The molecule has 3 rings (SSSR count). The number of hydrogen-bond acceptors (Lipinski definition) is 3. The number of pyridine rings is 1. The van der Waals surface area contributed by atoms with Gasteiger partial charge in [0.1, 0.15) is 5.75 Å². The standard InChI is InChI=1S/C20H14BrNO2/c21-18-3-1-2-17(14-18)20(23)24-19-8-6-15(7-9-19)4-5-16-10-12-22-13-11-16/h1-14H/b5-4+. The van der Waals surface area contributed by atoms with Crippen molar-refractivity contribution in [3.63, 3.8) is 0 Å². The van der Waals surface area contributed by atoms with E-state index in [4.69, 9.17) is 4.74 Å². The number of aromatic nitrogens is 1. The zero-order chi connectivity index (χ0) is 16.8. The molecule has 0 saturated carbocycles. The Balaban J connectivity index is 1.66. The van der Waals surface area contributed by atoms with Gasteiger partial charge in [0.2, 0.25) is 0 Å². The Morgan fingerprint density at radius 3 is 2.25 bits per heavy atom. The van der Waals surface area contributed by atoms with Gasteiger partial charge in [-0.25, -0.2) is 4.79 Å². The summed E-state index contributed by atoms with van der Waals surface area (Å²) in [5, 5.41) is 0. The monoisotopic (exact) mass is 379 g/mol. The maximum atomic E-state index is 12.1. The Morgan fingerprint density at radius 1 is 0.917 bits per heavy atom. The van der Waals surface area contributed by atoms with Gasteiger partial charge in [0.05, 0.1) is 5.56 Å². The molecule has 0 fully saturated rings. The average molecular weight is 380 g/mol. The van der Waals surface area contributed by atoms with E-state index in [1.165, 1.54) is 0 Å². The van der Waals surface area contributed by atoms with Crippen molar-refractivity contribution in [2.45, 2.75) is 0 Å². The van der Waals surface area contributed by atoms with Gasteiger partial charge < -0.3 is 4.74 Å². The zero-order valence-electron chi connectivity index (χ0n) is 12.7. The Morgan fingerprint density at radius 2 is 1.58 bits per heavy atom. The van der Waals surface area contributed by atoms with Crippen molar-refractivity contribution in [1.29, 1.82) is 0 Å². The molecule has 0 saturated heterocycles. The van der Waals surface area contributed by atoms with Crippen molar-refractivity contribution in [1.82, 2.24) is 4.98 Å². The minimum Gasteiger partial charge on any atom is -0.423 e. The number of ether oxygens (including phenoxy) is 1. The molecule has 3 nitrogen and oxygen atoms in total. The molecule has 0 radical (unpaired) electrons. The normalized spacial score (nSPS) is 10.7. The highest BCUT2D eigenvalue weighted by atomic mass is 79.9. The van der Waals surface area contributed by atoms with Crippen molar-refractivity contribution in [2.75, 3.05) is 0 Å². The fraction of sp³-hybridized carbons (Fsp3) is 0. The topological polar surface area (TPSA) is 39.2 Å². The van der Waals surface area contributed by atoms with Crippen molar-refractivity contribution in [2.24, 2.45) is 0 Å². The van der Waals surface area contributed by atoms with Crippen LogP contribution in [0.2, 0.25) is 0 Å². The van der Waals surface area contributed by atoms with Crippen molar-refractivity contribution >= 4 is 34.1 Å². The van der Waals surface area contributed by atoms with Crippen LogP contribution in [-0.4, -0.2) is 11.0 Å². The van der Waals surface area contributed by atoms with Gasteiger partial charge in [-0.15, -0.1) is 0 Å². The minimum atomic E-state index is -0.378. The van der Waals surface area contributed by atoms with E-state index in [0.717, 1.165) is 15.6 Å². The van der Waals surface area contributed by atoms with Gasteiger partial charge in [-0.05, 0) is 53.6 Å². The SMILES string of the molecule is O=C(Oc1ccc(/C=C/c2ccncc2)cc1)c1cccc(Br)c1. The molecule has 0 spiro atoms. The van der Waals surface area contributed by atoms with Crippen LogP contribution in [0, 0.1) is 0 Å². The Bertz CT molecular complexity index is 858. The van der Waals surface area contributed by atoms with Crippen LogP contribution in [-0.2, 0) is 0 Å². The average Bonchev–Trinajstić information content (AvgIpc) is 2.62. The third kappa shape index (κ3) is 4.40. The van der Waals surface area contributed by atoms with Gasteiger partial charge in [-0.1, -0.05) is 46.3 Å². The number of carbonyl (C=O) groups is 1. The van der Waals surface area contributed by atoms with E-state index in [-0.39, 0.29) is 5.97 Å². The van der Waals surface area contributed by atoms with Crippen LogP contribution in [0.25, 0.3) is 12.2 Å². The Labute approximate surface area is 148 Å². The summed E-state index contributed by atoms with van der Waals surface area (Å²) in [6, 6.07) is 18.4. The predicted octanol–water partition coefficient (Wildman–Crippen LogP) is 5.23. The number of esters is 1. The molecule has 0 amide bonds. The first-order valence-electron chi connectivity index (χ1n) is 7.37. The first kappa shape index (κ1) is 16.1. The van der Waals surface area contributed by atoms with Crippen LogP contribution in [0.4, 0.5) is 0 Å². The van der Waals surface area contributed by atoms with E-state index in [0.29, 0.717) is 11.3 Å². The second-order valence-corrected chi connectivity index (χ2v) is 6.00. The molecule has 3 aromatic rings. The summed E-state index contributed by atoms with van der Waals surface area (Å²) in [6.07, 6.45) is 7.51. The number of carbonyl (C=O) groups excluding carboxylic acids is 1. The van der Waals surface area contributed by atoms with E-state index in [9.17, 15) is 4.79 Å². The molecule has 0 aliphatic rings. The summed E-state index contributed by atoms with van der Waals surface area (Å²) in [5.74, 6) is 0.136. The Kier molecular flexibility index (Phi) is 5.18. The van der Waals surface area contributed by atoms with Crippen molar-refractivity contribution in [3.8, 4) is 5.75 Å². The van der Waals surface area contributed by atoms with Crippen molar-refractivity contribution < 1.29 is 9.53 Å². The summed E-state index contributed by atoms with van der Waals surface area (Å²) in [6.45, 7) is 0. The molecule has 0 aliphatic heterocycles. The highest BCUT2D eigenvalue weighted by Crippen LogP contribution is 2.17. The molecular formula is C20H14BrNO2. The van der Waals surface area contributed by atoms with Crippen LogP contribution in [0.1, 0.15) is 21.5 Å². The predicted molar refractivity (Wildman–Crippen MR) is 98.7 cm³/mol. The number of nitrogens with zero attached hydrogens (tertiary/aromatic N) is 1. The molecule has 0 N–H and O–H groups in total. The lowest BCUT2D eigenvalue weighted by molar-refractivity contribution is 0.0734. The molecule has 118 valence electrons. The lowest BCUT2D eigenvalue weighted by atomic mass is 10.1. The van der Waals surface area contributed by atoms with Crippen LogP contribution < -0.4 is 4.74 Å². The van der Waals surface area contributed by atoms with Gasteiger partial charge in [-0.2, -0.15) is 0 Å². The molecule has 1 aromatic heterocycles. The van der Waals surface area contributed by atoms with Gasteiger partial charge in [0, 0.05) is 16.9 Å². The molecule has 4 heteroatoms. The maximum absolute atomic E-state index is 12.1. The van der Waals surface area contributed by atoms with Gasteiger partial charge in [0.15, 0.2) is 0 Å². The van der Waals surface area contributed by atoms with E-state index in [2.05, 4.69) is 20.9 Å². The molecular weight excluding hydrogens is 366 g/mol. The highest BCUT2D eigenvalue weighted by molar-refractivity contribution is 9.10. The molecule has 0 aliphatic carbocycles. The summed E-state index contributed by atoms with van der Waals surface area (Å²) in [5.41, 5.74) is 2.61. The van der Waals surface area contributed by atoms with Crippen LogP contribution in [0.3, 0.4) is 0 Å². The lowest BCUT2D eigenvalue weighted by Gasteiger charge is -2.05. The molecule has 2 aromatic carbocycles. The summed E-state index contributed by atoms with van der Waals surface area (Å²) < 4.78 is 6.22. The molecule has 0 atom stereocenters. The first-order chi connectivity index (χ1) is 11.7. The molecule has 0 unspecified atom stereocenters. The fourth-order valence-electron chi connectivity index (χ4n) is 2.10. The van der Waals surface area contributed by atoms with Crippen LogP contribution in [0.15, 0.2) is 77.5 Å². The van der Waals surface area contributed by atoms with Gasteiger partial charge in [-0.3, -0.25) is 4.98 Å². The highest BCUT2D eigenvalue weighted by Gasteiger charge is 2.08. The number of benzene rings is 2. The van der Waals surface area contributed by atoms with Crippen LogP contribution >= 0.6 is 15.9 Å². The third-order valence-corrected chi connectivity index (χ3v) is 3.82. The van der Waals surface area contributed by atoms with Gasteiger partial charge in [0.25, 0.3) is 0 Å². The van der Waals surface area contributed by atoms with E-state index >= 15 is 0 Å². The largest absolute Gasteiger partial charge is 0.423 e. The lowest BCUT2D eigenvalue weighted by Crippen LogP contribution is -2.08.